The van der Waals surface area contributed by atoms with Crippen LogP contribution in [0.15, 0.2) is 24.4 Å². The van der Waals surface area contributed by atoms with Gasteiger partial charge in [0, 0.05) is 0 Å². The summed E-state index contributed by atoms with van der Waals surface area (Å²) in [5.74, 6) is 0.134. The van der Waals surface area contributed by atoms with E-state index in [1.54, 1.807) is 26.4 Å². The summed E-state index contributed by atoms with van der Waals surface area (Å²) in [5, 5.41) is 16.5. The van der Waals surface area contributed by atoms with Crippen molar-refractivity contribution in [2.24, 2.45) is 0 Å². The fourth-order valence-corrected chi connectivity index (χ4v) is 1.61. The number of hydrogen-bond acceptors (Lipinski definition) is 5. The third kappa shape index (κ3) is 2.82. The van der Waals surface area contributed by atoms with Crippen molar-refractivity contribution >= 4 is 5.97 Å². The predicted octanol–water partition coefficient (Wildman–Crippen LogP) is 1.04. The van der Waals surface area contributed by atoms with Crippen LogP contribution in [0.1, 0.15) is 16.1 Å². The molecule has 1 heterocycles. The molecule has 0 radical (unpaired) electrons. The van der Waals surface area contributed by atoms with E-state index in [-0.39, 0.29) is 5.69 Å². The third-order valence-electron chi connectivity index (χ3n) is 2.53. The summed E-state index contributed by atoms with van der Waals surface area (Å²) >= 11 is 0. The molecule has 0 fully saturated rings. The number of rotatable bonds is 5. The normalized spacial score (nSPS) is 10.2. The van der Waals surface area contributed by atoms with E-state index in [1.165, 1.54) is 11.0 Å². The van der Waals surface area contributed by atoms with E-state index in [1.807, 2.05) is 6.07 Å². The zero-order valence-corrected chi connectivity index (χ0v) is 10.5. The molecule has 1 aromatic heterocycles. The number of nitrogens with zero attached hydrogens (tertiary/aromatic N) is 3. The van der Waals surface area contributed by atoms with Crippen LogP contribution in [0.4, 0.5) is 0 Å². The Labute approximate surface area is 109 Å². The van der Waals surface area contributed by atoms with Gasteiger partial charge in [0.1, 0.15) is 0 Å². The number of methoxy groups -OCH3 is 2. The van der Waals surface area contributed by atoms with Crippen LogP contribution in [-0.4, -0.2) is 40.3 Å². The van der Waals surface area contributed by atoms with Crippen molar-refractivity contribution in [1.82, 2.24) is 15.0 Å². The summed E-state index contributed by atoms with van der Waals surface area (Å²) in [6, 6.07) is 5.41. The quantitative estimate of drug-likeness (QED) is 0.867. The first-order valence-corrected chi connectivity index (χ1v) is 5.48. The second kappa shape index (κ2) is 5.38. The highest BCUT2D eigenvalue weighted by molar-refractivity contribution is 5.84. The number of aromatic nitrogens is 3. The monoisotopic (exact) mass is 263 g/mol. The Bertz CT molecular complexity index is 594. The van der Waals surface area contributed by atoms with Gasteiger partial charge in [-0.1, -0.05) is 6.07 Å². The minimum atomic E-state index is -1.10. The number of ether oxygens (including phenoxy) is 2. The van der Waals surface area contributed by atoms with Crippen LogP contribution in [0.2, 0.25) is 0 Å². The van der Waals surface area contributed by atoms with Crippen molar-refractivity contribution in [2.75, 3.05) is 14.2 Å². The molecule has 19 heavy (non-hydrogen) atoms. The number of aromatic carboxylic acids is 1. The van der Waals surface area contributed by atoms with Crippen molar-refractivity contribution in [3.8, 4) is 11.5 Å². The maximum Gasteiger partial charge on any atom is 0.358 e. The number of carbonyl (C=O) groups is 1. The zero-order valence-electron chi connectivity index (χ0n) is 10.5. The lowest BCUT2D eigenvalue weighted by Crippen LogP contribution is -2.06. The summed E-state index contributed by atoms with van der Waals surface area (Å²) in [4.78, 5) is 12.0. The highest BCUT2D eigenvalue weighted by atomic mass is 16.5. The Balaban J connectivity index is 2.20. The standard InChI is InChI=1S/C12H13N3O4/c1-18-10-4-3-8(5-11(10)19-2)7-15-13-6-9(14-15)12(16)17/h3-6H,7H2,1-2H3,(H,16,17). The van der Waals surface area contributed by atoms with Gasteiger partial charge in [-0.15, -0.1) is 5.10 Å². The van der Waals surface area contributed by atoms with E-state index in [2.05, 4.69) is 10.2 Å². The van der Waals surface area contributed by atoms with Gasteiger partial charge in [0.05, 0.1) is 27.0 Å². The highest BCUT2D eigenvalue weighted by Gasteiger charge is 2.09. The number of carboxylic acids is 1. The molecule has 0 atom stereocenters. The molecule has 2 aromatic rings. The van der Waals surface area contributed by atoms with Crippen molar-refractivity contribution in [1.29, 1.82) is 0 Å². The second-order valence-corrected chi connectivity index (χ2v) is 3.75. The second-order valence-electron chi connectivity index (χ2n) is 3.75. The molecule has 2 rings (SSSR count). The molecule has 0 saturated carbocycles. The van der Waals surface area contributed by atoms with Gasteiger partial charge >= 0.3 is 5.97 Å². The summed E-state index contributed by atoms with van der Waals surface area (Å²) in [7, 11) is 3.11. The summed E-state index contributed by atoms with van der Waals surface area (Å²) in [6.07, 6.45) is 1.21. The molecular weight excluding hydrogens is 250 g/mol. The van der Waals surface area contributed by atoms with Gasteiger partial charge in [-0.25, -0.2) is 4.79 Å². The Morgan fingerprint density at radius 1 is 1.32 bits per heavy atom. The van der Waals surface area contributed by atoms with Gasteiger partial charge in [0.15, 0.2) is 17.2 Å². The molecule has 0 bridgehead atoms. The molecule has 0 saturated heterocycles. The average molecular weight is 263 g/mol. The van der Waals surface area contributed by atoms with E-state index >= 15 is 0 Å². The summed E-state index contributed by atoms with van der Waals surface area (Å²) in [6.45, 7) is 0.355. The molecule has 1 aromatic carbocycles. The first kappa shape index (κ1) is 12.9. The largest absolute Gasteiger partial charge is 0.493 e. The predicted molar refractivity (Wildman–Crippen MR) is 65.6 cm³/mol. The Hall–Kier alpha value is -2.57. The van der Waals surface area contributed by atoms with Gasteiger partial charge in [0.2, 0.25) is 0 Å². The number of hydrogen-bond donors (Lipinski definition) is 1. The Kier molecular flexibility index (Phi) is 3.65. The maximum absolute atomic E-state index is 10.7. The Morgan fingerprint density at radius 2 is 2.05 bits per heavy atom. The third-order valence-corrected chi connectivity index (χ3v) is 2.53. The molecule has 100 valence electrons. The van der Waals surface area contributed by atoms with Gasteiger partial charge < -0.3 is 14.6 Å². The molecular formula is C12H13N3O4. The van der Waals surface area contributed by atoms with Crippen molar-refractivity contribution in [3.05, 3.63) is 35.7 Å². The summed E-state index contributed by atoms with van der Waals surface area (Å²) < 4.78 is 10.3. The first-order valence-electron chi connectivity index (χ1n) is 5.48. The molecule has 7 heteroatoms. The molecule has 0 aliphatic heterocycles. The van der Waals surface area contributed by atoms with Crippen molar-refractivity contribution in [3.63, 3.8) is 0 Å². The van der Waals surface area contributed by atoms with Gasteiger partial charge in [-0.2, -0.15) is 9.90 Å². The van der Waals surface area contributed by atoms with Gasteiger partial charge in [-0.3, -0.25) is 0 Å². The minimum absolute atomic E-state index is 0.0829. The van der Waals surface area contributed by atoms with Crippen LogP contribution in [0, 0.1) is 0 Å². The van der Waals surface area contributed by atoms with Gasteiger partial charge in [0.25, 0.3) is 0 Å². The number of benzene rings is 1. The lowest BCUT2D eigenvalue weighted by atomic mass is 10.2. The molecule has 0 aliphatic rings. The lowest BCUT2D eigenvalue weighted by Gasteiger charge is -2.09. The Morgan fingerprint density at radius 3 is 2.63 bits per heavy atom. The van der Waals surface area contributed by atoms with Crippen LogP contribution in [0.25, 0.3) is 0 Å². The average Bonchev–Trinajstić information content (AvgIpc) is 2.87. The fourth-order valence-electron chi connectivity index (χ4n) is 1.61. The molecule has 0 aliphatic carbocycles. The first-order chi connectivity index (χ1) is 9.13. The van der Waals surface area contributed by atoms with Crippen LogP contribution in [-0.2, 0) is 6.54 Å². The molecule has 0 unspecified atom stereocenters. The molecule has 0 amide bonds. The van der Waals surface area contributed by atoms with E-state index < -0.39 is 5.97 Å². The summed E-state index contributed by atoms with van der Waals surface area (Å²) in [5.41, 5.74) is 0.797. The molecule has 7 nitrogen and oxygen atoms in total. The SMILES string of the molecule is COc1ccc(Cn2ncc(C(=O)O)n2)cc1OC. The highest BCUT2D eigenvalue weighted by Crippen LogP contribution is 2.27. The van der Waals surface area contributed by atoms with E-state index in [4.69, 9.17) is 14.6 Å². The van der Waals surface area contributed by atoms with Gasteiger partial charge in [-0.05, 0) is 17.7 Å². The van der Waals surface area contributed by atoms with E-state index in [0.717, 1.165) is 5.56 Å². The van der Waals surface area contributed by atoms with Crippen molar-refractivity contribution < 1.29 is 19.4 Å². The van der Waals surface area contributed by atoms with E-state index in [9.17, 15) is 4.79 Å². The molecule has 0 spiro atoms. The topological polar surface area (TPSA) is 86.5 Å². The number of carboxylic acid groups (broad SMARTS) is 1. The minimum Gasteiger partial charge on any atom is -0.493 e. The smallest absolute Gasteiger partial charge is 0.358 e. The van der Waals surface area contributed by atoms with E-state index in [0.29, 0.717) is 18.0 Å². The zero-order chi connectivity index (χ0) is 13.8. The van der Waals surface area contributed by atoms with Crippen LogP contribution < -0.4 is 9.47 Å². The fraction of sp³-hybridized carbons (Fsp3) is 0.250. The van der Waals surface area contributed by atoms with Crippen LogP contribution in [0.3, 0.4) is 0 Å². The maximum atomic E-state index is 10.7. The molecule has 1 N–H and O–H groups in total. The lowest BCUT2D eigenvalue weighted by molar-refractivity contribution is 0.0689. The van der Waals surface area contributed by atoms with Crippen LogP contribution >= 0.6 is 0 Å². The van der Waals surface area contributed by atoms with Crippen LogP contribution in [0.5, 0.6) is 11.5 Å². The van der Waals surface area contributed by atoms with Crippen molar-refractivity contribution in [2.45, 2.75) is 6.54 Å².